The molecule has 0 atom stereocenters. The second kappa shape index (κ2) is 4.17. The van der Waals surface area contributed by atoms with Gasteiger partial charge in [0.25, 0.3) is 0 Å². The van der Waals surface area contributed by atoms with Crippen LogP contribution in [0.15, 0.2) is 34.9 Å². The highest BCUT2D eigenvalue weighted by molar-refractivity contribution is 9.10. The highest BCUT2D eigenvalue weighted by Crippen LogP contribution is 2.24. The fourth-order valence-electron chi connectivity index (χ4n) is 1.82. The summed E-state index contributed by atoms with van der Waals surface area (Å²) in [6.07, 6.45) is 1.71. The molecule has 0 spiro atoms. The van der Waals surface area contributed by atoms with Gasteiger partial charge < -0.3 is 4.98 Å². The van der Waals surface area contributed by atoms with E-state index in [0.29, 0.717) is 21.5 Å². The maximum Gasteiger partial charge on any atom is 0.178 e. The van der Waals surface area contributed by atoms with E-state index in [4.69, 9.17) is 0 Å². The van der Waals surface area contributed by atoms with Crippen LogP contribution in [0.4, 0.5) is 4.39 Å². The van der Waals surface area contributed by atoms with Crippen molar-refractivity contribution in [2.75, 3.05) is 0 Å². The Kier molecular flexibility index (Phi) is 2.63. The molecule has 3 nitrogen and oxygen atoms in total. The van der Waals surface area contributed by atoms with E-state index in [2.05, 4.69) is 30.9 Å². The van der Waals surface area contributed by atoms with Gasteiger partial charge in [0.2, 0.25) is 0 Å². The molecule has 0 unspecified atom stereocenters. The minimum absolute atomic E-state index is 0.308. The van der Waals surface area contributed by atoms with Crippen LogP contribution in [0.1, 0.15) is 5.56 Å². The molecule has 3 rings (SSSR count). The van der Waals surface area contributed by atoms with Gasteiger partial charge in [0.15, 0.2) is 5.65 Å². The number of aromatic amines is 1. The van der Waals surface area contributed by atoms with Crippen molar-refractivity contribution >= 4 is 27.1 Å². The van der Waals surface area contributed by atoms with Gasteiger partial charge >= 0.3 is 0 Å². The quantitative estimate of drug-likeness (QED) is 0.742. The van der Waals surface area contributed by atoms with Crippen LogP contribution >= 0.6 is 15.9 Å². The maximum absolute atomic E-state index is 13.5. The van der Waals surface area contributed by atoms with Gasteiger partial charge in [0.05, 0.1) is 9.99 Å². The average molecular weight is 306 g/mol. The summed E-state index contributed by atoms with van der Waals surface area (Å²) in [6, 6.07) is 6.82. The Bertz CT molecular complexity index is 736. The summed E-state index contributed by atoms with van der Waals surface area (Å²) in [5, 5.41) is 0. The van der Waals surface area contributed by atoms with E-state index in [9.17, 15) is 4.39 Å². The van der Waals surface area contributed by atoms with Gasteiger partial charge in [-0.1, -0.05) is 0 Å². The van der Waals surface area contributed by atoms with Crippen molar-refractivity contribution in [3.63, 3.8) is 0 Å². The smallest absolute Gasteiger partial charge is 0.178 e. The number of fused-ring (bicyclic) bond motifs is 1. The number of nitrogens with one attached hydrogen (secondary N) is 1. The monoisotopic (exact) mass is 305 g/mol. The first-order valence-electron chi connectivity index (χ1n) is 5.42. The highest BCUT2D eigenvalue weighted by Gasteiger charge is 2.09. The van der Waals surface area contributed by atoms with Crippen molar-refractivity contribution < 1.29 is 4.39 Å². The number of H-pyrrole nitrogens is 1. The Morgan fingerprint density at radius 2 is 2.11 bits per heavy atom. The fraction of sp³-hybridized carbons (Fsp3) is 0.0769. The van der Waals surface area contributed by atoms with Gasteiger partial charge in [0.1, 0.15) is 11.6 Å². The third-order valence-corrected chi connectivity index (χ3v) is 3.44. The molecule has 2 heterocycles. The number of rotatable bonds is 1. The zero-order chi connectivity index (χ0) is 12.7. The molecule has 0 saturated carbocycles. The van der Waals surface area contributed by atoms with Crippen molar-refractivity contribution in [3.05, 3.63) is 46.3 Å². The molecule has 0 bridgehead atoms. The molecule has 3 aromatic rings. The van der Waals surface area contributed by atoms with Crippen LogP contribution in [0.25, 0.3) is 22.6 Å². The first kappa shape index (κ1) is 11.3. The number of aryl methyl sites for hydroxylation is 1. The molecule has 90 valence electrons. The van der Waals surface area contributed by atoms with Crippen molar-refractivity contribution in [2.45, 2.75) is 6.92 Å². The predicted molar refractivity (Wildman–Crippen MR) is 71.7 cm³/mol. The van der Waals surface area contributed by atoms with Gasteiger partial charge in [-0.3, -0.25) is 0 Å². The second-order valence-corrected chi connectivity index (χ2v) is 4.90. The van der Waals surface area contributed by atoms with Crippen molar-refractivity contribution in [1.29, 1.82) is 0 Å². The molecular formula is C13H9BrFN3. The predicted octanol–water partition coefficient (Wildman–Crippen LogP) is 3.83. The van der Waals surface area contributed by atoms with Crippen LogP contribution in [0.2, 0.25) is 0 Å². The molecule has 0 radical (unpaired) electrons. The SMILES string of the molecule is Cc1ccnc2nc(-c3ccc(Br)c(F)c3)[nH]c12. The normalized spacial score (nSPS) is 11.1. The van der Waals surface area contributed by atoms with E-state index in [1.807, 2.05) is 13.0 Å². The number of hydrogen-bond donors (Lipinski definition) is 1. The third kappa shape index (κ3) is 1.80. The Balaban J connectivity index is 2.19. The van der Waals surface area contributed by atoms with E-state index in [1.54, 1.807) is 18.3 Å². The number of imidazole rings is 1. The number of nitrogens with zero attached hydrogens (tertiary/aromatic N) is 2. The van der Waals surface area contributed by atoms with Crippen LogP contribution in [-0.4, -0.2) is 15.0 Å². The molecule has 0 aliphatic heterocycles. The summed E-state index contributed by atoms with van der Waals surface area (Å²) in [5.41, 5.74) is 3.30. The molecule has 1 N–H and O–H groups in total. The van der Waals surface area contributed by atoms with Crippen LogP contribution in [0, 0.1) is 12.7 Å². The average Bonchev–Trinajstić information content (AvgIpc) is 2.78. The molecule has 1 aromatic carbocycles. The van der Waals surface area contributed by atoms with E-state index in [-0.39, 0.29) is 5.82 Å². The Morgan fingerprint density at radius 3 is 2.83 bits per heavy atom. The molecular weight excluding hydrogens is 297 g/mol. The summed E-state index contributed by atoms with van der Waals surface area (Å²) in [6.45, 7) is 1.98. The van der Waals surface area contributed by atoms with E-state index in [1.165, 1.54) is 6.07 Å². The lowest BCUT2D eigenvalue weighted by Gasteiger charge is -1.98. The van der Waals surface area contributed by atoms with E-state index < -0.39 is 0 Å². The van der Waals surface area contributed by atoms with E-state index in [0.717, 1.165) is 11.1 Å². The zero-order valence-electron chi connectivity index (χ0n) is 9.54. The molecule has 0 aliphatic rings. The minimum atomic E-state index is -0.308. The lowest BCUT2D eigenvalue weighted by molar-refractivity contribution is 0.621. The largest absolute Gasteiger partial charge is 0.336 e. The van der Waals surface area contributed by atoms with Crippen LogP contribution in [0.5, 0.6) is 0 Å². The van der Waals surface area contributed by atoms with E-state index >= 15 is 0 Å². The molecule has 18 heavy (non-hydrogen) atoms. The lowest BCUT2D eigenvalue weighted by atomic mass is 10.2. The molecule has 0 aliphatic carbocycles. The van der Waals surface area contributed by atoms with Crippen molar-refractivity contribution in [3.8, 4) is 11.4 Å². The maximum atomic E-state index is 13.5. The molecule has 2 aromatic heterocycles. The number of aromatic nitrogens is 3. The number of hydrogen-bond acceptors (Lipinski definition) is 2. The van der Waals surface area contributed by atoms with Crippen LogP contribution in [-0.2, 0) is 0 Å². The fourth-order valence-corrected chi connectivity index (χ4v) is 2.06. The summed E-state index contributed by atoms with van der Waals surface area (Å²) >= 11 is 3.13. The van der Waals surface area contributed by atoms with Gasteiger partial charge in [-0.25, -0.2) is 14.4 Å². The molecule has 0 saturated heterocycles. The first-order chi connectivity index (χ1) is 8.65. The van der Waals surface area contributed by atoms with Crippen molar-refractivity contribution in [1.82, 2.24) is 15.0 Å². The van der Waals surface area contributed by atoms with Gasteiger partial charge in [-0.2, -0.15) is 0 Å². The standard InChI is InChI=1S/C13H9BrFN3/c1-7-4-5-16-13-11(7)17-12(18-13)8-2-3-9(14)10(15)6-8/h2-6H,1H3,(H,16,17,18). The second-order valence-electron chi connectivity index (χ2n) is 4.04. The number of benzene rings is 1. The number of halogens is 2. The Hall–Kier alpha value is -1.75. The summed E-state index contributed by atoms with van der Waals surface area (Å²) in [7, 11) is 0. The highest BCUT2D eigenvalue weighted by atomic mass is 79.9. The Morgan fingerprint density at radius 1 is 1.28 bits per heavy atom. The van der Waals surface area contributed by atoms with Gasteiger partial charge in [0, 0.05) is 11.8 Å². The summed E-state index contributed by atoms with van der Waals surface area (Å²) in [4.78, 5) is 11.7. The first-order valence-corrected chi connectivity index (χ1v) is 6.21. The van der Waals surface area contributed by atoms with Gasteiger partial charge in [-0.05, 0) is 52.7 Å². The number of pyridine rings is 1. The van der Waals surface area contributed by atoms with Gasteiger partial charge in [-0.15, -0.1) is 0 Å². The molecule has 0 fully saturated rings. The minimum Gasteiger partial charge on any atom is -0.336 e. The summed E-state index contributed by atoms with van der Waals surface area (Å²) in [5.74, 6) is 0.316. The molecule has 5 heteroatoms. The third-order valence-electron chi connectivity index (χ3n) is 2.79. The Labute approximate surface area is 111 Å². The van der Waals surface area contributed by atoms with Crippen LogP contribution in [0.3, 0.4) is 0 Å². The van der Waals surface area contributed by atoms with Crippen LogP contribution < -0.4 is 0 Å². The van der Waals surface area contributed by atoms with Crippen molar-refractivity contribution in [2.24, 2.45) is 0 Å². The topological polar surface area (TPSA) is 41.6 Å². The lowest BCUT2D eigenvalue weighted by Crippen LogP contribution is -1.83. The molecule has 0 amide bonds. The zero-order valence-corrected chi connectivity index (χ0v) is 11.1. The summed E-state index contributed by atoms with van der Waals surface area (Å²) < 4.78 is 13.9.